The number of hydrogen-bond acceptors (Lipinski definition) is 9. The van der Waals surface area contributed by atoms with Crippen molar-refractivity contribution in [2.75, 3.05) is 50.3 Å². The van der Waals surface area contributed by atoms with Crippen molar-refractivity contribution in [1.82, 2.24) is 35.2 Å². The molecule has 9 heteroatoms. The van der Waals surface area contributed by atoms with E-state index in [4.69, 9.17) is 15.7 Å². The molecule has 4 aliphatic rings. The van der Waals surface area contributed by atoms with Crippen LogP contribution in [0, 0.1) is 5.92 Å². The molecule has 1 saturated carbocycles. The third-order valence-corrected chi connectivity index (χ3v) is 9.92. The maximum atomic E-state index is 6.35. The van der Waals surface area contributed by atoms with Crippen molar-refractivity contribution in [2.24, 2.45) is 5.92 Å². The van der Waals surface area contributed by atoms with E-state index in [2.05, 4.69) is 57.5 Å². The number of nitrogens with one attached hydrogen (secondary N) is 2. The van der Waals surface area contributed by atoms with E-state index in [1.165, 1.54) is 89.7 Å². The summed E-state index contributed by atoms with van der Waals surface area (Å²) < 4.78 is 0. The van der Waals surface area contributed by atoms with Gasteiger partial charge in [0.25, 0.3) is 0 Å². The molecule has 0 amide bonds. The number of piperidine rings is 2. The van der Waals surface area contributed by atoms with Crippen LogP contribution in [-0.4, -0.2) is 87.2 Å². The second-order valence-corrected chi connectivity index (χ2v) is 12.6. The summed E-state index contributed by atoms with van der Waals surface area (Å²) >= 11 is 0. The van der Waals surface area contributed by atoms with Gasteiger partial charge in [0, 0.05) is 55.7 Å². The Morgan fingerprint density at radius 3 is 2.48 bits per heavy atom. The fourth-order valence-electron chi connectivity index (χ4n) is 7.41. The highest BCUT2D eigenvalue weighted by atomic mass is 15.5. The number of pyridine rings is 1. The Morgan fingerprint density at radius 2 is 1.75 bits per heavy atom. The number of fused-ring (bicyclic) bond motifs is 1. The topological polar surface area (TPSA) is 98.5 Å². The molecule has 5 heterocycles. The van der Waals surface area contributed by atoms with Crippen LogP contribution >= 0.6 is 0 Å². The molecular formula is C31H49N9. The Labute approximate surface area is 240 Å². The summed E-state index contributed by atoms with van der Waals surface area (Å²) in [7, 11) is 0. The molecule has 9 nitrogen and oxygen atoms in total. The number of anilines is 2. The van der Waals surface area contributed by atoms with Crippen LogP contribution in [-0.2, 0) is 6.42 Å². The number of nitrogens with zero attached hydrogens (tertiary/aromatic N) is 6. The summed E-state index contributed by atoms with van der Waals surface area (Å²) in [6.45, 7) is 13.6. The lowest BCUT2D eigenvalue weighted by Crippen LogP contribution is -2.51. The fourth-order valence-corrected chi connectivity index (χ4v) is 7.41. The van der Waals surface area contributed by atoms with E-state index in [1.807, 2.05) is 6.20 Å². The summed E-state index contributed by atoms with van der Waals surface area (Å²) in [6.07, 6.45) is 15.0. The Kier molecular flexibility index (Phi) is 8.42. The van der Waals surface area contributed by atoms with Crippen LogP contribution in [0.5, 0.6) is 0 Å². The summed E-state index contributed by atoms with van der Waals surface area (Å²) in [5.74, 6) is 2.13. The number of aryl methyl sites for hydroxylation is 1. The first-order valence-corrected chi connectivity index (χ1v) is 15.9. The van der Waals surface area contributed by atoms with Gasteiger partial charge in [-0.3, -0.25) is 0 Å². The van der Waals surface area contributed by atoms with Gasteiger partial charge in [-0.05, 0) is 76.1 Å². The average molecular weight is 548 g/mol. The summed E-state index contributed by atoms with van der Waals surface area (Å²) in [6, 6.07) is 1.73. The van der Waals surface area contributed by atoms with E-state index in [1.54, 1.807) is 0 Å². The van der Waals surface area contributed by atoms with Gasteiger partial charge in [0.1, 0.15) is 16.9 Å². The minimum Gasteiger partial charge on any atom is -0.382 e. The van der Waals surface area contributed by atoms with Crippen molar-refractivity contribution in [3.05, 3.63) is 23.7 Å². The molecule has 4 N–H and O–H groups in total. The maximum absolute atomic E-state index is 6.35. The highest BCUT2D eigenvalue weighted by Gasteiger charge is 2.31. The Morgan fingerprint density at radius 1 is 0.975 bits per heavy atom. The molecule has 6 rings (SSSR count). The van der Waals surface area contributed by atoms with Gasteiger partial charge in [-0.2, -0.15) is 0 Å². The zero-order chi connectivity index (χ0) is 27.6. The lowest BCUT2D eigenvalue weighted by Gasteiger charge is -2.43. The van der Waals surface area contributed by atoms with Gasteiger partial charge in [0.2, 0.25) is 0 Å². The summed E-state index contributed by atoms with van der Waals surface area (Å²) in [5.41, 5.74) is 14.8. The standard InChI is InChI=1S/C31H49N9/c1-4-27-31(35-23-8-6-7-21(3)17-23)37-28-26(19-33-30(32)29(28)36-27)22-18-34-40(20-22)25-11-15-39(16-12-25)24-9-13-38(5-2)14-10-24/h19-21,23-25,34H,4-18H2,1-3H3,(H2,32,33)(H,35,37). The molecule has 0 spiro atoms. The van der Waals surface area contributed by atoms with Crippen LogP contribution in [0.1, 0.15) is 83.4 Å². The van der Waals surface area contributed by atoms with Crippen LogP contribution in [0.4, 0.5) is 11.6 Å². The number of nitrogen functional groups attached to an aromatic ring is 1. The molecule has 2 aromatic heterocycles. The summed E-state index contributed by atoms with van der Waals surface area (Å²) in [4.78, 5) is 20.1. The van der Waals surface area contributed by atoms with E-state index in [9.17, 15) is 0 Å². The molecule has 2 saturated heterocycles. The van der Waals surface area contributed by atoms with Crippen LogP contribution in [0.25, 0.3) is 16.6 Å². The summed E-state index contributed by atoms with van der Waals surface area (Å²) in [5, 5.41) is 6.12. The van der Waals surface area contributed by atoms with Crippen LogP contribution in [0.2, 0.25) is 0 Å². The van der Waals surface area contributed by atoms with E-state index in [-0.39, 0.29) is 0 Å². The molecule has 1 aliphatic carbocycles. The second kappa shape index (κ2) is 12.2. The first kappa shape index (κ1) is 27.7. The normalized spacial score (nSPS) is 26.0. The van der Waals surface area contributed by atoms with Gasteiger partial charge in [-0.1, -0.05) is 33.6 Å². The molecular weight excluding hydrogens is 498 g/mol. The smallest absolute Gasteiger partial charge is 0.151 e. The first-order valence-electron chi connectivity index (χ1n) is 15.9. The predicted octanol–water partition coefficient (Wildman–Crippen LogP) is 4.27. The van der Waals surface area contributed by atoms with Crippen molar-refractivity contribution < 1.29 is 0 Å². The Bertz CT molecular complexity index is 1200. The van der Waals surface area contributed by atoms with Crippen molar-refractivity contribution in [3.63, 3.8) is 0 Å². The monoisotopic (exact) mass is 547 g/mol. The van der Waals surface area contributed by atoms with Crippen molar-refractivity contribution in [2.45, 2.75) is 96.7 Å². The third kappa shape index (κ3) is 5.78. The number of hydrogen-bond donors (Lipinski definition) is 3. The quantitative estimate of drug-likeness (QED) is 0.469. The number of likely N-dealkylation sites (tertiary alicyclic amines) is 2. The molecule has 0 bridgehead atoms. The fraction of sp³-hybridized carbons (Fsp3) is 0.710. The zero-order valence-electron chi connectivity index (χ0n) is 24.8. The number of rotatable bonds is 7. The molecule has 218 valence electrons. The van der Waals surface area contributed by atoms with Crippen LogP contribution < -0.4 is 16.5 Å². The van der Waals surface area contributed by atoms with E-state index in [0.717, 1.165) is 53.0 Å². The van der Waals surface area contributed by atoms with Gasteiger partial charge in [0.05, 0.1) is 5.69 Å². The highest BCUT2D eigenvalue weighted by Crippen LogP contribution is 2.33. The molecule has 0 aromatic carbocycles. The lowest BCUT2D eigenvalue weighted by atomic mass is 9.87. The maximum Gasteiger partial charge on any atom is 0.151 e. The SMILES string of the molecule is CCc1nc2c(N)ncc(C3=CN(C4CCN(C5CCN(CC)CC5)CC4)NC3)c2nc1NC1CCCC(C)C1. The van der Waals surface area contributed by atoms with Gasteiger partial charge in [0.15, 0.2) is 5.82 Å². The minimum atomic E-state index is 0.455. The Hall–Kier alpha value is -2.49. The molecule has 2 atom stereocenters. The Balaban J connectivity index is 1.18. The van der Waals surface area contributed by atoms with Crippen molar-refractivity contribution >= 4 is 28.2 Å². The number of aromatic nitrogens is 3. The predicted molar refractivity (Wildman–Crippen MR) is 164 cm³/mol. The van der Waals surface area contributed by atoms with E-state index >= 15 is 0 Å². The molecule has 0 radical (unpaired) electrons. The number of nitrogens with two attached hydrogens (primary N) is 1. The number of hydrazine groups is 1. The van der Waals surface area contributed by atoms with E-state index in [0.29, 0.717) is 17.9 Å². The third-order valence-electron chi connectivity index (χ3n) is 9.92. The van der Waals surface area contributed by atoms with Gasteiger partial charge in [-0.25, -0.2) is 20.4 Å². The van der Waals surface area contributed by atoms with E-state index < -0.39 is 0 Å². The first-order chi connectivity index (χ1) is 19.5. The molecule has 2 aromatic rings. The largest absolute Gasteiger partial charge is 0.382 e. The lowest BCUT2D eigenvalue weighted by molar-refractivity contribution is 0.0599. The average Bonchev–Trinajstić information content (AvgIpc) is 3.47. The van der Waals surface area contributed by atoms with Gasteiger partial charge >= 0.3 is 0 Å². The van der Waals surface area contributed by atoms with Crippen molar-refractivity contribution in [3.8, 4) is 0 Å². The molecule has 2 unspecified atom stereocenters. The van der Waals surface area contributed by atoms with Gasteiger partial charge in [-0.15, -0.1) is 0 Å². The molecule has 3 aliphatic heterocycles. The molecule has 3 fully saturated rings. The highest BCUT2D eigenvalue weighted by molar-refractivity contribution is 5.95. The second-order valence-electron chi connectivity index (χ2n) is 12.6. The van der Waals surface area contributed by atoms with Gasteiger partial charge < -0.3 is 25.9 Å². The molecule has 40 heavy (non-hydrogen) atoms. The minimum absolute atomic E-state index is 0.455. The zero-order valence-corrected chi connectivity index (χ0v) is 24.8. The van der Waals surface area contributed by atoms with Crippen LogP contribution in [0.3, 0.4) is 0 Å². The van der Waals surface area contributed by atoms with Crippen molar-refractivity contribution in [1.29, 1.82) is 0 Å². The van der Waals surface area contributed by atoms with Crippen LogP contribution in [0.15, 0.2) is 12.4 Å².